The molecule has 0 spiro atoms. The molecule has 0 N–H and O–H groups in total. The van der Waals surface area contributed by atoms with Crippen LogP contribution in [0.4, 0.5) is 8.78 Å². The van der Waals surface area contributed by atoms with E-state index >= 15 is 0 Å². The minimum atomic E-state index is -1.01. The second-order valence-electron chi connectivity index (χ2n) is 6.62. The van der Waals surface area contributed by atoms with Crippen molar-refractivity contribution < 1.29 is 18.3 Å². The first-order valence-electron chi connectivity index (χ1n) is 9.15. The molecular weight excluding hydrogens is 322 g/mol. The first-order chi connectivity index (χ1) is 12.2. The van der Waals surface area contributed by atoms with Gasteiger partial charge in [0.15, 0.2) is 11.5 Å². The zero-order valence-corrected chi connectivity index (χ0v) is 15.1. The Bertz CT molecular complexity index is 588. The number of allylic oxidation sites excluding steroid dienone is 3. The number of benzene rings is 1. The van der Waals surface area contributed by atoms with Crippen LogP contribution in [-0.2, 0) is 0 Å². The van der Waals surface area contributed by atoms with Crippen LogP contribution in [0.2, 0.25) is 0 Å². The monoisotopic (exact) mass is 350 g/mol. The van der Waals surface area contributed by atoms with Crippen LogP contribution in [0.3, 0.4) is 0 Å². The van der Waals surface area contributed by atoms with E-state index in [0.29, 0.717) is 12.5 Å². The quantitative estimate of drug-likeness (QED) is 0.398. The van der Waals surface area contributed by atoms with E-state index in [0.717, 1.165) is 25.2 Å². The summed E-state index contributed by atoms with van der Waals surface area (Å²) in [6, 6.07) is 2.83. The number of rotatable bonds is 8. The van der Waals surface area contributed by atoms with Crippen LogP contribution in [-0.4, -0.2) is 6.61 Å². The summed E-state index contributed by atoms with van der Waals surface area (Å²) < 4.78 is 38.6. The van der Waals surface area contributed by atoms with Crippen molar-refractivity contribution in [1.29, 1.82) is 0 Å². The normalized spacial score (nSPS) is 21.1. The van der Waals surface area contributed by atoms with Gasteiger partial charge in [-0.1, -0.05) is 31.1 Å². The molecule has 0 aromatic heterocycles. The van der Waals surface area contributed by atoms with Crippen LogP contribution < -0.4 is 9.47 Å². The van der Waals surface area contributed by atoms with E-state index in [1.807, 2.05) is 0 Å². The van der Waals surface area contributed by atoms with E-state index in [2.05, 4.69) is 19.1 Å². The predicted octanol–water partition coefficient (Wildman–Crippen LogP) is 6.42. The fraction of sp³-hybridized carbons (Fsp3) is 0.524. The van der Waals surface area contributed by atoms with Gasteiger partial charge in [-0.15, -0.1) is 0 Å². The average Bonchev–Trinajstić information content (AvgIpc) is 2.63. The lowest BCUT2D eigenvalue weighted by molar-refractivity contribution is 0.174. The van der Waals surface area contributed by atoms with Crippen molar-refractivity contribution in [3.63, 3.8) is 0 Å². The highest BCUT2D eigenvalue weighted by atomic mass is 19.2. The fourth-order valence-electron chi connectivity index (χ4n) is 3.25. The van der Waals surface area contributed by atoms with Crippen molar-refractivity contribution >= 4 is 0 Å². The minimum Gasteiger partial charge on any atom is -0.490 e. The van der Waals surface area contributed by atoms with Gasteiger partial charge in [0.25, 0.3) is 0 Å². The summed E-state index contributed by atoms with van der Waals surface area (Å²) in [5.41, 5.74) is 0. The Hall–Kier alpha value is -1.84. The lowest BCUT2D eigenvalue weighted by Gasteiger charge is -2.28. The van der Waals surface area contributed by atoms with E-state index in [1.165, 1.54) is 37.7 Å². The van der Waals surface area contributed by atoms with Gasteiger partial charge in [0.05, 0.1) is 12.9 Å². The molecule has 1 saturated carbocycles. The Balaban J connectivity index is 1.81. The van der Waals surface area contributed by atoms with E-state index in [1.54, 1.807) is 13.0 Å². The summed E-state index contributed by atoms with van der Waals surface area (Å²) in [4.78, 5) is 0. The zero-order chi connectivity index (χ0) is 18.1. The molecule has 0 heterocycles. The van der Waals surface area contributed by atoms with Crippen LogP contribution in [0.5, 0.6) is 11.5 Å². The summed E-state index contributed by atoms with van der Waals surface area (Å²) >= 11 is 0. The SMILES string of the molecule is CC=CCCC1CCC(COc2ccc(OC=CC)c(F)c2F)CC1. The smallest absolute Gasteiger partial charge is 0.205 e. The highest BCUT2D eigenvalue weighted by Gasteiger charge is 2.22. The van der Waals surface area contributed by atoms with Crippen molar-refractivity contribution in [3.8, 4) is 11.5 Å². The lowest BCUT2D eigenvalue weighted by atomic mass is 9.80. The van der Waals surface area contributed by atoms with Crippen molar-refractivity contribution in [3.05, 3.63) is 48.3 Å². The van der Waals surface area contributed by atoms with Gasteiger partial charge in [0.1, 0.15) is 0 Å². The molecule has 4 heteroatoms. The first kappa shape index (κ1) is 19.5. The van der Waals surface area contributed by atoms with Gasteiger partial charge < -0.3 is 9.47 Å². The van der Waals surface area contributed by atoms with Crippen LogP contribution >= 0.6 is 0 Å². The molecule has 0 aliphatic heterocycles. The van der Waals surface area contributed by atoms with Gasteiger partial charge >= 0.3 is 0 Å². The van der Waals surface area contributed by atoms with Gasteiger partial charge in [0, 0.05) is 0 Å². The molecule has 25 heavy (non-hydrogen) atoms. The fourth-order valence-corrected chi connectivity index (χ4v) is 3.25. The van der Waals surface area contributed by atoms with Gasteiger partial charge in [0.2, 0.25) is 11.6 Å². The predicted molar refractivity (Wildman–Crippen MR) is 96.8 cm³/mol. The van der Waals surface area contributed by atoms with Crippen LogP contribution in [0, 0.1) is 23.5 Å². The number of halogens is 2. The van der Waals surface area contributed by atoms with Crippen molar-refractivity contribution in [2.24, 2.45) is 11.8 Å². The molecular formula is C21H28F2O2. The van der Waals surface area contributed by atoms with Crippen molar-refractivity contribution in [2.75, 3.05) is 6.61 Å². The van der Waals surface area contributed by atoms with E-state index in [4.69, 9.17) is 9.47 Å². The zero-order valence-electron chi connectivity index (χ0n) is 15.1. The average molecular weight is 350 g/mol. The van der Waals surface area contributed by atoms with Gasteiger partial charge in [-0.3, -0.25) is 0 Å². The highest BCUT2D eigenvalue weighted by Crippen LogP contribution is 2.33. The standard InChI is InChI=1S/C21H28F2O2/c1-3-5-6-7-16-8-10-17(11-9-16)15-25-19-13-12-18(24-14-4-2)20(22)21(19)23/h3-5,12-14,16-17H,6-11,15H2,1-2H3. The molecule has 0 saturated heterocycles. The Morgan fingerprint density at radius 2 is 1.60 bits per heavy atom. The van der Waals surface area contributed by atoms with E-state index in [9.17, 15) is 8.78 Å². The molecule has 2 rings (SSSR count). The molecule has 1 aromatic carbocycles. The Morgan fingerprint density at radius 1 is 0.960 bits per heavy atom. The summed E-state index contributed by atoms with van der Waals surface area (Å²) in [5, 5.41) is 0. The summed E-state index contributed by atoms with van der Waals surface area (Å²) in [6.07, 6.45) is 14.2. The maximum Gasteiger partial charge on any atom is 0.205 e. The highest BCUT2D eigenvalue weighted by molar-refractivity contribution is 5.35. The maximum atomic E-state index is 14.1. The van der Waals surface area contributed by atoms with Crippen molar-refractivity contribution in [2.45, 2.75) is 52.4 Å². The molecule has 0 radical (unpaired) electrons. The third-order valence-corrected chi connectivity index (χ3v) is 4.76. The van der Waals surface area contributed by atoms with Crippen molar-refractivity contribution in [1.82, 2.24) is 0 Å². The topological polar surface area (TPSA) is 18.5 Å². The summed E-state index contributed by atoms with van der Waals surface area (Å²) in [7, 11) is 0. The maximum absolute atomic E-state index is 14.1. The molecule has 1 aliphatic rings. The molecule has 1 aliphatic carbocycles. The van der Waals surface area contributed by atoms with Crippen LogP contribution in [0.25, 0.3) is 0 Å². The second-order valence-corrected chi connectivity index (χ2v) is 6.62. The van der Waals surface area contributed by atoms with Crippen LogP contribution in [0.15, 0.2) is 36.6 Å². The molecule has 1 fully saturated rings. The third kappa shape index (κ3) is 5.87. The van der Waals surface area contributed by atoms with Crippen LogP contribution in [0.1, 0.15) is 52.4 Å². The number of ether oxygens (including phenoxy) is 2. The lowest BCUT2D eigenvalue weighted by Crippen LogP contribution is -2.20. The minimum absolute atomic E-state index is 0.0412. The number of hydrogen-bond acceptors (Lipinski definition) is 2. The summed E-state index contributed by atoms with van der Waals surface area (Å²) in [5.74, 6) is -0.973. The molecule has 0 unspecified atom stereocenters. The summed E-state index contributed by atoms with van der Waals surface area (Å²) in [6.45, 7) is 4.23. The largest absolute Gasteiger partial charge is 0.490 e. The third-order valence-electron chi connectivity index (χ3n) is 4.76. The van der Waals surface area contributed by atoms with Gasteiger partial charge in [-0.2, -0.15) is 8.78 Å². The van der Waals surface area contributed by atoms with E-state index < -0.39 is 11.6 Å². The Kier molecular flexibility index (Phi) is 7.96. The molecule has 0 atom stereocenters. The van der Waals surface area contributed by atoms with E-state index in [-0.39, 0.29) is 11.5 Å². The number of hydrogen-bond donors (Lipinski definition) is 0. The molecule has 0 bridgehead atoms. The molecule has 1 aromatic rings. The second kappa shape index (κ2) is 10.2. The Morgan fingerprint density at radius 3 is 2.28 bits per heavy atom. The molecule has 0 amide bonds. The van der Waals surface area contributed by atoms with Gasteiger partial charge in [-0.05, 0) is 63.5 Å². The first-order valence-corrected chi connectivity index (χ1v) is 9.15. The Labute approximate surface area is 149 Å². The molecule has 138 valence electrons. The van der Waals surface area contributed by atoms with Gasteiger partial charge in [-0.25, -0.2) is 0 Å². The molecule has 2 nitrogen and oxygen atoms in total.